The van der Waals surface area contributed by atoms with Crippen molar-refractivity contribution in [2.24, 2.45) is 0 Å². The molecule has 0 bridgehead atoms. The van der Waals surface area contributed by atoms with Crippen molar-refractivity contribution in [3.8, 4) is 11.6 Å². The number of nitrogens with two attached hydrogens (primary N) is 1. The van der Waals surface area contributed by atoms with Crippen LogP contribution in [0.2, 0.25) is 0 Å². The van der Waals surface area contributed by atoms with Crippen LogP contribution >= 0.6 is 0 Å². The Kier molecular flexibility index (Phi) is 3.92. The van der Waals surface area contributed by atoms with E-state index in [9.17, 15) is 13.2 Å². The van der Waals surface area contributed by atoms with Gasteiger partial charge in [0.05, 0.1) is 25.5 Å². The second kappa shape index (κ2) is 5.91. The maximum atomic E-state index is 12.6. The zero-order valence-electron chi connectivity index (χ0n) is 12.7. The second-order valence-corrected chi connectivity index (χ2v) is 5.10. The maximum absolute atomic E-state index is 12.6. The highest BCUT2D eigenvalue weighted by Crippen LogP contribution is 2.28. The highest BCUT2D eigenvalue weighted by Gasteiger charge is 2.34. The summed E-state index contributed by atoms with van der Waals surface area (Å²) in [7, 11) is 1.58. The molecule has 9 heteroatoms. The average molecular weight is 337 g/mol. The summed E-state index contributed by atoms with van der Waals surface area (Å²) in [5, 5.41) is 7.68. The van der Waals surface area contributed by atoms with Crippen LogP contribution in [0.3, 0.4) is 0 Å². The summed E-state index contributed by atoms with van der Waals surface area (Å²) in [5.41, 5.74) is 6.03. The van der Waals surface area contributed by atoms with E-state index in [4.69, 9.17) is 10.5 Å². The van der Waals surface area contributed by atoms with E-state index in [1.807, 2.05) is 24.3 Å². The van der Waals surface area contributed by atoms with Crippen LogP contribution in [0.1, 0.15) is 11.3 Å². The van der Waals surface area contributed by atoms with Gasteiger partial charge in [0.15, 0.2) is 11.5 Å². The van der Waals surface area contributed by atoms with Crippen molar-refractivity contribution in [2.45, 2.75) is 12.7 Å². The molecule has 0 fully saturated rings. The molecule has 0 saturated carbocycles. The molecule has 3 rings (SSSR count). The Balaban J connectivity index is 1.83. The number of alkyl halides is 3. The molecule has 126 valence electrons. The van der Waals surface area contributed by atoms with Gasteiger partial charge < -0.3 is 10.5 Å². The molecule has 2 N–H and O–H groups in total. The van der Waals surface area contributed by atoms with Gasteiger partial charge in [-0.15, -0.1) is 0 Å². The quantitative estimate of drug-likeness (QED) is 0.795. The van der Waals surface area contributed by atoms with Gasteiger partial charge in [-0.2, -0.15) is 23.4 Å². The Hall–Kier alpha value is -2.97. The first-order chi connectivity index (χ1) is 11.4. The van der Waals surface area contributed by atoms with Gasteiger partial charge in [-0.1, -0.05) is 12.1 Å². The Morgan fingerprint density at radius 2 is 1.83 bits per heavy atom. The molecular formula is C15H14F3N5O. The number of rotatable bonds is 4. The molecule has 0 saturated heterocycles. The van der Waals surface area contributed by atoms with Crippen LogP contribution in [0, 0.1) is 0 Å². The predicted octanol–water partition coefficient (Wildman–Crippen LogP) is 2.73. The minimum atomic E-state index is -4.51. The fourth-order valence-electron chi connectivity index (χ4n) is 2.20. The van der Waals surface area contributed by atoms with Crippen LogP contribution in [-0.2, 0) is 12.7 Å². The van der Waals surface area contributed by atoms with Gasteiger partial charge in [0.1, 0.15) is 5.75 Å². The fourth-order valence-corrected chi connectivity index (χ4v) is 2.20. The molecule has 0 unspecified atom stereocenters. The summed E-state index contributed by atoms with van der Waals surface area (Å²) in [5.74, 6) is 0.884. The monoisotopic (exact) mass is 337 g/mol. The lowest BCUT2D eigenvalue weighted by atomic mass is 10.2. The molecule has 0 amide bonds. The maximum Gasteiger partial charge on any atom is 0.435 e. The number of ether oxygens (including phenoxy) is 1. The number of benzene rings is 1. The molecular weight excluding hydrogens is 323 g/mol. The highest BCUT2D eigenvalue weighted by atomic mass is 19.4. The molecule has 2 aromatic heterocycles. The van der Waals surface area contributed by atoms with Crippen LogP contribution in [0.15, 0.2) is 42.7 Å². The van der Waals surface area contributed by atoms with E-state index in [1.165, 1.54) is 6.20 Å². The van der Waals surface area contributed by atoms with Crippen LogP contribution < -0.4 is 10.5 Å². The molecule has 0 aliphatic carbocycles. The fraction of sp³-hybridized carbons (Fsp3) is 0.200. The lowest BCUT2D eigenvalue weighted by molar-refractivity contribution is -0.141. The molecule has 24 heavy (non-hydrogen) atoms. The van der Waals surface area contributed by atoms with E-state index in [0.29, 0.717) is 6.54 Å². The SMILES string of the molecule is COc1ccc(Cn2cc(N)c(-n3ccc(C(F)(F)F)n3)n2)cc1. The van der Waals surface area contributed by atoms with Crippen molar-refractivity contribution in [3.63, 3.8) is 0 Å². The van der Waals surface area contributed by atoms with E-state index < -0.39 is 11.9 Å². The van der Waals surface area contributed by atoms with Gasteiger partial charge in [0.25, 0.3) is 0 Å². The van der Waals surface area contributed by atoms with E-state index in [-0.39, 0.29) is 11.5 Å². The zero-order chi connectivity index (χ0) is 17.3. The van der Waals surface area contributed by atoms with Crippen molar-refractivity contribution in [2.75, 3.05) is 12.8 Å². The van der Waals surface area contributed by atoms with Crippen molar-refractivity contribution in [3.05, 3.63) is 54.0 Å². The highest BCUT2D eigenvalue weighted by molar-refractivity contribution is 5.51. The lowest BCUT2D eigenvalue weighted by Crippen LogP contribution is -2.08. The summed E-state index contributed by atoms with van der Waals surface area (Å²) in [6.45, 7) is 0.418. The molecule has 3 aromatic rings. The van der Waals surface area contributed by atoms with Crippen molar-refractivity contribution < 1.29 is 17.9 Å². The molecule has 0 spiro atoms. The molecule has 0 aliphatic heterocycles. The smallest absolute Gasteiger partial charge is 0.435 e. The molecule has 0 radical (unpaired) electrons. The Bertz CT molecular complexity index is 836. The number of hydrogen-bond acceptors (Lipinski definition) is 4. The number of halogens is 3. The van der Waals surface area contributed by atoms with E-state index in [0.717, 1.165) is 22.1 Å². The van der Waals surface area contributed by atoms with Gasteiger partial charge in [-0.3, -0.25) is 4.68 Å². The van der Waals surface area contributed by atoms with Crippen molar-refractivity contribution in [1.82, 2.24) is 19.6 Å². The summed E-state index contributed by atoms with van der Waals surface area (Å²) in [4.78, 5) is 0. The molecule has 2 heterocycles. The van der Waals surface area contributed by atoms with Crippen LogP contribution in [0.5, 0.6) is 5.75 Å². The topological polar surface area (TPSA) is 70.9 Å². The van der Waals surface area contributed by atoms with Gasteiger partial charge in [-0.25, -0.2) is 4.68 Å². The van der Waals surface area contributed by atoms with E-state index in [2.05, 4.69) is 10.2 Å². The lowest BCUT2D eigenvalue weighted by Gasteiger charge is -2.04. The van der Waals surface area contributed by atoms with Gasteiger partial charge in [0, 0.05) is 6.20 Å². The van der Waals surface area contributed by atoms with Crippen molar-refractivity contribution >= 4 is 5.69 Å². The molecule has 0 atom stereocenters. The summed E-state index contributed by atoms with van der Waals surface area (Å²) < 4.78 is 45.5. The second-order valence-electron chi connectivity index (χ2n) is 5.10. The third-order valence-corrected chi connectivity index (χ3v) is 3.37. The third-order valence-electron chi connectivity index (χ3n) is 3.37. The number of aromatic nitrogens is 4. The molecule has 1 aromatic carbocycles. The zero-order valence-corrected chi connectivity index (χ0v) is 12.7. The van der Waals surface area contributed by atoms with Crippen LogP contribution in [-0.4, -0.2) is 26.7 Å². The normalized spacial score (nSPS) is 11.7. The third kappa shape index (κ3) is 3.19. The number of anilines is 1. The number of hydrogen-bond donors (Lipinski definition) is 1. The largest absolute Gasteiger partial charge is 0.497 e. The van der Waals surface area contributed by atoms with E-state index in [1.54, 1.807) is 18.0 Å². The Labute approximate surface area is 135 Å². The minimum Gasteiger partial charge on any atom is -0.497 e. The number of methoxy groups -OCH3 is 1. The van der Waals surface area contributed by atoms with E-state index >= 15 is 0 Å². The summed E-state index contributed by atoms with van der Waals surface area (Å²) in [6, 6.07) is 8.23. The summed E-state index contributed by atoms with van der Waals surface area (Å²) in [6.07, 6.45) is -1.78. The minimum absolute atomic E-state index is 0.152. The summed E-state index contributed by atoms with van der Waals surface area (Å²) >= 11 is 0. The first-order valence-corrected chi connectivity index (χ1v) is 6.96. The average Bonchev–Trinajstić information content (AvgIpc) is 3.14. The van der Waals surface area contributed by atoms with Crippen LogP contribution in [0.25, 0.3) is 5.82 Å². The van der Waals surface area contributed by atoms with Gasteiger partial charge in [-0.05, 0) is 23.8 Å². The molecule has 0 aliphatic rings. The molecule has 6 nitrogen and oxygen atoms in total. The number of nitrogens with zero attached hydrogens (tertiary/aromatic N) is 4. The van der Waals surface area contributed by atoms with Crippen molar-refractivity contribution in [1.29, 1.82) is 0 Å². The predicted molar refractivity (Wildman–Crippen MR) is 80.9 cm³/mol. The Morgan fingerprint density at radius 1 is 1.12 bits per heavy atom. The standard InChI is InChI=1S/C15H14F3N5O/c1-24-11-4-2-10(3-5-11)8-22-9-12(19)14(21-22)23-7-6-13(20-23)15(16,17)18/h2-7,9H,8,19H2,1H3. The van der Waals surface area contributed by atoms with Gasteiger partial charge in [0.2, 0.25) is 0 Å². The first-order valence-electron chi connectivity index (χ1n) is 6.96. The Morgan fingerprint density at radius 3 is 2.42 bits per heavy atom. The first kappa shape index (κ1) is 15.9. The van der Waals surface area contributed by atoms with Crippen LogP contribution in [0.4, 0.5) is 18.9 Å². The number of nitrogen functional groups attached to an aromatic ring is 1. The van der Waals surface area contributed by atoms with Gasteiger partial charge >= 0.3 is 6.18 Å².